The van der Waals surface area contributed by atoms with Crippen LogP contribution in [0.1, 0.15) is 22.3 Å². The lowest BCUT2D eigenvalue weighted by atomic mass is 10.0. The Kier molecular flexibility index (Phi) is 5.90. The van der Waals surface area contributed by atoms with E-state index in [1.54, 1.807) is 6.07 Å². The van der Waals surface area contributed by atoms with Gasteiger partial charge in [0.25, 0.3) is 0 Å². The summed E-state index contributed by atoms with van der Waals surface area (Å²) >= 11 is 0. The van der Waals surface area contributed by atoms with E-state index in [-0.39, 0.29) is 5.56 Å². The van der Waals surface area contributed by atoms with Crippen molar-refractivity contribution in [3.8, 4) is 11.1 Å². The van der Waals surface area contributed by atoms with Gasteiger partial charge in [-0.1, -0.05) is 54.6 Å². The maximum absolute atomic E-state index is 12.9. The molecule has 5 rings (SSSR count). The Balaban J connectivity index is 1.54. The first kappa shape index (κ1) is 21.9. The summed E-state index contributed by atoms with van der Waals surface area (Å²) in [5, 5.41) is 10.0. The topological polar surface area (TPSA) is 88.6 Å². The van der Waals surface area contributed by atoms with E-state index < -0.39 is 11.4 Å². The predicted molar refractivity (Wildman–Crippen MR) is 136 cm³/mol. The number of carboxylic acids is 1. The third-order valence-corrected chi connectivity index (χ3v) is 6.69. The molecule has 1 atom stereocenters. The number of benzene rings is 3. The fraction of sp³-hybridized carbons (Fsp3) is 0.214. The molecule has 1 saturated heterocycles. The third-order valence-electron chi connectivity index (χ3n) is 6.69. The van der Waals surface area contributed by atoms with E-state index in [0.29, 0.717) is 24.4 Å². The van der Waals surface area contributed by atoms with Crippen LogP contribution in [0.25, 0.3) is 22.0 Å². The smallest absolute Gasteiger partial charge is 0.341 e. The number of rotatable bonds is 6. The minimum absolute atomic E-state index is 0.217. The zero-order valence-corrected chi connectivity index (χ0v) is 18.9. The Bertz CT molecular complexity index is 1390. The number of nitrogens with zero attached hydrogens (tertiary/aromatic N) is 2. The van der Waals surface area contributed by atoms with E-state index >= 15 is 0 Å². The molecule has 0 aliphatic carbocycles. The standard InChI is InChI=1S/C28H27N3O3/c29-15-20-12-13-30(17-20)23-10-11-24-26(14-23)31(18-25(27(24)32)28(33)34)16-19-6-8-22(9-7-19)21-4-2-1-3-5-21/h1-11,14,18,20H,12-13,15-17,29H2,(H,33,34)/t20-/m0/s1. The molecule has 172 valence electrons. The zero-order chi connectivity index (χ0) is 23.7. The van der Waals surface area contributed by atoms with Crippen molar-refractivity contribution in [3.63, 3.8) is 0 Å². The Hall–Kier alpha value is -3.90. The van der Waals surface area contributed by atoms with Gasteiger partial charge in [0.2, 0.25) is 5.43 Å². The lowest BCUT2D eigenvalue weighted by molar-refractivity contribution is 0.0695. The molecular formula is C28H27N3O3. The summed E-state index contributed by atoms with van der Waals surface area (Å²) in [5.74, 6) is -0.745. The van der Waals surface area contributed by atoms with Crippen LogP contribution in [0.4, 0.5) is 5.69 Å². The second-order valence-corrected chi connectivity index (χ2v) is 8.91. The van der Waals surface area contributed by atoms with Crippen LogP contribution in [-0.2, 0) is 6.54 Å². The van der Waals surface area contributed by atoms with Gasteiger partial charge in [-0.3, -0.25) is 4.79 Å². The second-order valence-electron chi connectivity index (χ2n) is 8.91. The lowest BCUT2D eigenvalue weighted by Crippen LogP contribution is -2.23. The number of carbonyl (C=O) groups is 1. The van der Waals surface area contributed by atoms with Crippen LogP contribution < -0.4 is 16.1 Å². The first-order chi connectivity index (χ1) is 16.5. The van der Waals surface area contributed by atoms with Crippen molar-refractivity contribution in [1.82, 2.24) is 4.57 Å². The highest BCUT2D eigenvalue weighted by atomic mass is 16.4. The fourth-order valence-electron chi connectivity index (χ4n) is 4.75. The number of hydrogen-bond acceptors (Lipinski definition) is 4. The number of aromatic carboxylic acids is 1. The lowest BCUT2D eigenvalue weighted by Gasteiger charge is -2.20. The molecule has 3 aromatic carbocycles. The van der Waals surface area contributed by atoms with E-state index in [0.717, 1.165) is 47.4 Å². The monoisotopic (exact) mass is 453 g/mol. The van der Waals surface area contributed by atoms with Crippen LogP contribution in [-0.4, -0.2) is 35.3 Å². The van der Waals surface area contributed by atoms with Crippen LogP contribution in [0.15, 0.2) is 83.8 Å². The van der Waals surface area contributed by atoms with Gasteiger partial charge in [-0.2, -0.15) is 0 Å². The second kappa shape index (κ2) is 9.15. The van der Waals surface area contributed by atoms with E-state index in [4.69, 9.17) is 5.73 Å². The fourth-order valence-corrected chi connectivity index (χ4v) is 4.75. The number of pyridine rings is 1. The van der Waals surface area contributed by atoms with Gasteiger partial charge in [0.15, 0.2) is 0 Å². The molecular weight excluding hydrogens is 426 g/mol. The molecule has 34 heavy (non-hydrogen) atoms. The van der Waals surface area contributed by atoms with Gasteiger partial charge in [-0.25, -0.2) is 4.79 Å². The predicted octanol–water partition coefficient (Wildman–Crippen LogP) is 4.20. The first-order valence-corrected chi connectivity index (χ1v) is 11.5. The van der Waals surface area contributed by atoms with Crippen LogP contribution in [0, 0.1) is 5.92 Å². The van der Waals surface area contributed by atoms with Gasteiger partial charge < -0.3 is 20.3 Å². The quantitative estimate of drug-likeness (QED) is 0.457. The highest BCUT2D eigenvalue weighted by Gasteiger charge is 2.22. The molecule has 4 aromatic rings. The molecule has 1 aromatic heterocycles. The van der Waals surface area contributed by atoms with E-state index in [1.165, 1.54) is 6.20 Å². The maximum atomic E-state index is 12.9. The molecule has 1 aliphatic heterocycles. The SMILES string of the molecule is NC[C@@H]1CCN(c2ccc3c(=O)c(C(=O)O)cn(Cc4ccc(-c5ccccc5)cc4)c3c2)C1. The summed E-state index contributed by atoms with van der Waals surface area (Å²) in [5.41, 5.74) is 10.2. The third kappa shape index (κ3) is 4.20. The summed E-state index contributed by atoms with van der Waals surface area (Å²) in [6.45, 7) is 2.93. The number of nitrogens with two attached hydrogens (primary N) is 1. The molecule has 0 radical (unpaired) electrons. The van der Waals surface area contributed by atoms with Crippen LogP contribution in [0.5, 0.6) is 0 Å². The highest BCUT2D eigenvalue weighted by Crippen LogP contribution is 2.27. The van der Waals surface area contributed by atoms with Crippen LogP contribution >= 0.6 is 0 Å². The molecule has 3 N–H and O–H groups in total. The average Bonchev–Trinajstić information content (AvgIpc) is 3.36. The molecule has 2 heterocycles. The van der Waals surface area contributed by atoms with Gasteiger partial charge in [0.1, 0.15) is 5.56 Å². The number of hydrogen-bond donors (Lipinski definition) is 2. The highest BCUT2D eigenvalue weighted by molar-refractivity contribution is 5.93. The van der Waals surface area contributed by atoms with Crippen molar-refractivity contribution in [2.45, 2.75) is 13.0 Å². The van der Waals surface area contributed by atoms with Crippen molar-refractivity contribution < 1.29 is 9.90 Å². The minimum Gasteiger partial charge on any atom is -0.477 e. The van der Waals surface area contributed by atoms with Gasteiger partial charge >= 0.3 is 5.97 Å². The molecule has 6 heteroatoms. The minimum atomic E-state index is -1.21. The van der Waals surface area contributed by atoms with Crippen LogP contribution in [0.3, 0.4) is 0 Å². The summed E-state index contributed by atoms with van der Waals surface area (Å²) in [4.78, 5) is 26.9. The maximum Gasteiger partial charge on any atom is 0.341 e. The summed E-state index contributed by atoms with van der Waals surface area (Å²) in [7, 11) is 0. The normalized spacial score (nSPS) is 15.7. The number of anilines is 1. The molecule has 1 fully saturated rings. The van der Waals surface area contributed by atoms with Gasteiger partial charge in [0.05, 0.1) is 5.52 Å². The number of carboxylic acid groups (broad SMARTS) is 1. The molecule has 6 nitrogen and oxygen atoms in total. The van der Waals surface area contributed by atoms with Gasteiger partial charge in [0, 0.05) is 36.9 Å². The number of aromatic nitrogens is 1. The van der Waals surface area contributed by atoms with E-state index in [2.05, 4.69) is 29.2 Å². The van der Waals surface area contributed by atoms with Gasteiger partial charge in [-0.15, -0.1) is 0 Å². The molecule has 0 spiro atoms. The van der Waals surface area contributed by atoms with Crippen molar-refractivity contribution in [1.29, 1.82) is 0 Å². The van der Waals surface area contributed by atoms with Gasteiger partial charge in [-0.05, 0) is 53.8 Å². The molecule has 0 unspecified atom stereocenters. The summed E-state index contributed by atoms with van der Waals surface area (Å²) < 4.78 is 1.87. The number of fused-ring (bicyclic) bond motifs is 1. The zero-order valence-electron chi connectivity index (χ0n) is 18.9. The Morgan fingerprint density at radius 1 is 1.00 bits per heavy atom. The van der Waals surface area contributed by atoms with Crippen molar-refractivity contribution >= 4 is 22.6 Å². The summed E-state index contributed by atoms with van der Waals surface area (Å²) in [6, 6.07) is 24.0. The van der Waals surface area contributed by atoms with E-state index in [1.807, 2.05) is 47.0 Å². The Morgan fingerprint density at radius 2 is 1.74 bits per heavy atom. The average molecular weight is 454 g/mol. The first-order valence-electron chi connectivity index (χ1n) is 11.5. The molecule has 1 aliphatic rings. The van der Waals surface area contributed by atoms with Crippen molar-refractivity contribution in [2.24, 2.45) is 11.7 Å². The Morgan fingerprint density at radius 3 is 2.41 bits per heavy atom. The Labute approximate surface area is 197 Å². The molecule has 0 amide bonds. The van der Waals surface area contributed by atoms with Crippen molar-refractivity contribution in [2.75, 3.05) is 24.5 Å². The van der Waals surface area contributed by atoms with Crippen LogP contribution in [0.2, 0.25) is 0 Å². The largest absolute Gasteiger partial charge is 0.477 e. The molecule has 0 saturated carbocycles. The molecule has 0 bridgehead atoms. The van der Waals surface area contributed by atoms with E-state index in [9.17, 15) is 14.7 Å². The van der Waals surface area contributed by atoms with Crippen molar-refractivity contribution in [3.05, 3.63) is 100 Å². The summed E-state index contributed by atoms with van der Waals surface area (Å²) in [6.07, 6.45) is 2.52.